The lowest BCUT2D eigenvalue weighted by atomic mass is 9.88. The molecule has 0 bridgehead atoms. The molecule has 0 spiro atoms. The maximum absolute atomic E-state index is 12.2. The Morgan fingerprint density at radius 3 is 2.24 bits per heavy atom. The second-order valence-corrected chi connectivity index (χ2v) is 5.48. The van der Waals surface area contributed by atoms with Gasteiger partial charge < -0.3 is 10.0 Å². The summed E-state index contributed by atoms with van der Waals surface area (Å²) in [5.41, 5.74) is 1.26. The van der Waals surface area contributed by atoms with Gasteiger partial charge in [-0.05, 0) is 30.7 Å². The molecule has 5 nitrogen and oxygen atoms in total. The Kier molecular flexibility index (Phi) is 4.40. The minimum Gasteiger partial charge on any atom is -0.481 e. The number of carbonyl (C=O) groups excluding carboxylic acids is 2. The van der Waals surface area contributed by atoms with Crippen LogP contribution in [0.4, 0.5) is 5.69 Å². The Morgan fingerprint density at radius 2 is 1.76 bits per heavy atom. The van der Waals surface area contributed by atoms with E-state index in [4.69, 9.17) is 5.11 Å². The Morgan fingerprint density at radius 1 is 1.14 bits per heavy atom. The number of carboxylic acid groups (broad SMARTS) is 1. The Labute approximate surface area is 123 Å². The first-order valence-electron chi connectivity index (χ1n) is 7.09. The molecule has 1 aliphatic heterocycles. The van der Waals surface area contributed by atoms with Gasteiger partial charge in [0, 0.05) is 30.1 Å². The van der Waals surface area contributed by atoms with Crippen LogP contribution in [0.5, 0.6) is 0 Å². The molecule has 2 rings (SSSR count). The number of aliphatic carboxylic acids is 1. The van der Waals surface area contributed by atoms with E-state index < -0.39 is 17.8 Å². The first-order chi connectivity index (χ1) is 9.91. The smallest absolute Gasteiger partial charge is 0.306 e. The molecular formula is C16H19NO4. The third-order valence-electron chi connectivity index (χ3n) is 4.09. The van der Waals surface area contributed by atoms with E-state index in [2.05, 4.69) is 0 Å². The van der Waals surface area contributed by atoms with Gasteiger partial charge in [0.25, 0.3) is 0 Å². The van der Waals surface area contributed by atoms with Gasteiger partial charge in [0.15, 0.2) is 5.78 Å². The van der Waals surface area contributed by atoms with E-state index in [1.165, 1.54) is 6.92 Å². The van der Waals surface area contributed by atoms with Crippen LogP contribution in [-0.4, -0.2) is 29.3 Å². The van der Waals surface area contributed by atoms with Crippen LogP contribution in [0.15, 0.2) is 24.3 Å². The molecule has 1 heterocycles. The van der Waals surface area contributed by atoms with Crippen LogP contribution in [0.25, 0.3) is 0 Å². The summed E-state index contributed by atoms with van der Waals surface area (Å²) in [6.45, 7) is 3.86. The summed E-state index contributed by atoms with van der Waals surface area (Å²) in [5, 5.41) is 8.97. The predicted octanol–water partition coefficient (Wildman–Crippen LogP) is 2.35. The fraction of sp³-hybridized carbons (Fsp3) is 0.438. The highest BCUT2D eigenvalue weighted by molar-refractivity contribution is 6.00. The number of hydrogen-bond acceptors (Lipinski definition) is 3. The highest BCUT2D eigenvalue weighted by atomic mass is 16.4. The van der Waals surface area contributed by atoms with Gasteiger partial charge in [-0.15, -0.1) is 0 Å². The van der Waals surface area contributed by atoms with E-state index in [1.807, 2.05) is 0 Å². The number of hydrogen-bond donors (Lipinski definition) is 1. The van der Waals surface area contributed by atoms with Gasteiger partial charge in [-0.2, -0.15) is 0 Å². The molecule has 1 saturated heterocycles. The van der Waals surface area contributed by atoms with Crippen LogP contribution in [0.3, 0.4) is 0 Å². The molecule has 0 radical (unpaired) electrons. The highest BCUT2D eigenvalue weighted by Crippen LogP contribution is 2.23. The van der Waals surface area contributed by atoms with E-state index in [0.29, 0.717) is 18.5 Å². The van der Waals surface area contributed by atoms with Crippen molar-refractivity contribution >= 4 is 23.3 Å². The molecule has 1 aliphatic rings. The van der Waals surface area contributed by atoms with Crippen molar-refractivity contribution in [2.75, 3.05) is 11.4 Å². The van der Waals surface area contributed by atoms with Crippen molar-refractivity contribution in [3.05, 3.63) is 29.8 Å². The molecule has 1 aromatic carbocycles. The lowest BCUT2D eigenvalue weighted by molar-refractivity contribution is -0.142. The van der Waals surface area contributed by atoms with Gasteiger partial charge >= 0.3 is 5.97 Å². The molecule has 21 heavy (non-hydrogen) atoms. The molecule has 1 amide bonds. The largest absolute Gasteiger partial charge is 0.481 e. The summed E-state index contributed by atoms with van der Waals surface area (Å²) in [4.78, 5) is 36.6. The Balaban J connectivity index is 2.13. The number of ketones is 1. The number of amides is 1. The standard InChI is InChI=1S/C16H19NO4/c1-10(11(2)16(20)21)15(19)12-5-7-13(8-6-12)17-9-3-4-14(17)18/h5-8,10-11H,3-4,9H2,1-2H3,(H,20,21). The van der Waals surface area contributed by atoms with Crippen molar-refractivity contribution < 1.29 is 19.5 Å². The fourth-order valence-corrected chi connectivity index (χ4v) is 2.43. The SMILES string of the molecule is CC(C(=O)O)C(C)C(=O)c1ccc(N2CCCC2=O)cc1. The third kappa shape index (κ3) is 3.12. The van der Waals surface area contributed by atoms with Gasteiger partial charge in [-0.3, -0.25) is 14.4 Å². The second kappa shape index (κ2) is 6.08. The van der Waals surface area contributed by atoms with E-state index in [-0.39, 0.29) is 11.7 Å². The lowest BCUT2D eigenvalue weighted by Crippen LogP contribution is -2.26. The van der Waals surface area contributed by atoms with Crippen LogP contribution in [-0.2, 0) is 9.59 Å². The first-order valence-corrected chi connectivity index (χ1v) is 7.09. The van der Waals surface area contributed by atoms with Crippen LogP contribution >= 0.6 is 0 Å². The molecule has 0 aromatic heterocycles. The zero-order valence-electron chi connectivity index (χ0n) is 12.2. The van der Waals surface area contributed by atoms with E-state index in [9.17, 15) is 14.4 Å². The summed E-state index contributed by atoms with van der Waals surface area (Å²) in [6.07, 6.45) is 1.42. The highest BCUT2D eigenvalue weighted by Gasteiger charge is 2.27. The number of nitrogens with zero attached hydrogens (tertiary/aromatic N) is 1. The van der Waals surface area contributed by atoms with Crippen molar-refractivity contribution in [2.45, 2.75) is 26.7 Å². The van der Waals surface area contributed by atoms with Gasteiger partial charge in [-0.1, -0.05) is 13.8 Å². The Bertz CT molecular complexity index is 564. The molecular weight excluding hydrogens is 270 g/mol. The van der Waals surface area contributed by atoms with Gasteiger partial charge in [0.05, 0.1) is 5.92 Å². The van der Waals surface area contributed by atoms with Crippen molar-refractivity contribution in [1.82, 2.24) is 0 Å². The van der Waals surface area contributed by atoms with E-state index >= 15 is 0 Å². The molecule has 1 fully saturated rings. The van der Waals surface area contributed by atoms with Crippen molar-refractivity contribution in [3.63, 3.8) is 0 Å². The lowest BCUT2D eigenvalue weighted by Gasteiger charge is -2.17. The zero-order valence-corrected chi connectivity index (χ0v) is 12.2. The summed E-state index contributed by atoms with van der Waals surface area (Å²) < 4.78 is 0. The Hall–Kier alpha value is -2.17. The predicted molar refractivity (Wildman–Crippen MR) is 78.3 cm³/mol. The topological polar surface area (TPSA) is 74.7 Å². The monoisotopic (exact) mass is 289 g/mol. The number of benzene rings is 1. The molecule has 2 atom stereocenters. The minimum absolute atomic E-state index is 0.0990. The molecule has 112 valence electrons. The minimum atomic E-state index is -0.977. The van der Waals surface area contributed by atoms with Crippen LogP contribution < -0.4 is 4.90 Å². The van der Waals surface area contributed by atoms with Gasteiger partial charge in [0.2, 0.25) is 5.91 Å². The summed E-state index contributed by atoms with van der Waals surface area (Å²) in [5.74, 6) is -2.37. The number of anilines is 1. The van der Waals surface area contributed by atoms with Gasteiger partial charge in [-0.25, -0.2) is 0 Å². The van der Waals surface area contributed by atoms with E-state index in [0.717, 1.165) is 12.1 Å². The quantitative estimate of drug-likeness (QED) is 0.844. The molecule has 2 unspecified atom stereocenters. The fourth-order valence-electron chi connectivity index (χ4n) is 2.43. The molecule has 5 heteroatoms. The van der Waals surface area contributed by atoms with E-state index in [1.54, 1.807) is 36.1 Å². The summed E-state index contributed by atoms with van der Waals surface area (Å²) >= 11 is 0. The van der Waals surface area contributed by atoms with Crippen molar-refractivity contribution in [2.24, 2.45) is 11.8 Å². The molecule has 0 aliphatic carbocycles. The average Bonchev–Trinajstić information content (AvgIpc) is 2.91. The van der Waals surface area contributed by atoms with Crippen molar-refractivity contribution in [1.29, 1.82) is 0 Å². The summed E-state index contributed by atoms with van der Waals surface area (Å²) in [6, 6.07) is 6.81. The first kappa shape index (κ1) is 15.2. The zero-order chi connectivity index (χ0) is 15.6. The van der Waals surface area contributed by atoms with Crippen LogP contribution in [0.1, 0.15) is 37.0 Å². The normalized spacial score (nSPS) is 17.6. The number of carboxylic acids is 1. The maximum atomic E-state index is 12.2. The number of Topliss-reactive ketones (excluding diaryl/α,β-unsaturated/α-hetero) is 1. The molecule has 1 aromatic rings. The number of carbonyl (C=O) groups is 3. The average molecular weight is 289 g/mol. The maximum Gasteiger partial charge on any atom is 0.306 e. The second-order valence-electron chi connectivity index (χ2n) is 5.48. The molecule has 1 N–H and O–H groups in total. The molecule has 0 saturated carbocycles. The number of rotatable bonds is 5. The van der Waals surface area contributed by atoms with Crippen LogP contribution in [0.2, 0.25) is 0 Å². The summed E-state index contributed by atoms with van der Waals surface area (Å²) in [7, 11) is 0. The van der Waals surface area contributed by atoms with Crippen molar-refractivity contribution in [3.8, 4) is 0 Å². The third-order valence-corrected chi connectivity index (χ3v) is 4.09. The van der Waals surface area contributed by atoms with Crippen LogP contribution in [0, 0.1) is 11.8 Å². The van der Waals surface area contributed by atoms with Gasteiger partial charge in [0.1, 0.15) is 0 Å².